The molecule has 0 fully saturated rings. The summed E-state index contributed by atoms with van der Waals surface area (Å²) < 4.78 is 10.2. The summed E-state index contributed by atoms with van der Waals surface area (Å²) in [5.41, 5.74) is -0.883. The molecule has 1 aliphatic carbocycles. The Morgan fingerprint density at radius 3 is 2.40 bits per heavy atom. The summed E-state index contributed by atoms with van der Waals surface area (Å²) in [6.07, 6.45) is 16.8. The molecule has 0 radical (unpaired) electrons. The van der Waals surface area contributed by atoms with Crippen LogP contribution in [0.3, 0.4) is 0 Å². The van der Waals surface area contributed by atoms with Crippen molar-refractivity contribution in [3.63, 3.8) is 0 Å². The van der Waals surface area contributed by atoms with Crippen LogP contribution >= 0.6 is 0 Å². The molecule has 170 valence electrons. The number of rotatable bonds is 14. The van der Waals surface area contributed by atoms with E-state index in [1.165, 1.54) is 14.2 Å². The second-order valence-corrected chi connectivity index (χ2v) is 8.09. The summed E-state index contributed by atoms with van der Waals surface area (Å²) in [6.45, 7) is 2.07. The molecular formula is C24H38O6. The Balaban J connectivity index is 2.74. The van der Waals surface area contributed by atoms with E-state index in [0.717, 1.165) is 51.4 Å². The van der Waals surface area contributed by atoms with Gasteiger partial charge in [-0.2, -0.15) is 0 Å². The molecule has 6 nitrogen and oxygen atoms in total. The van der Waals surface area contributed by atoms with Gasteiger partial charge in [0.05, 0.1) is 25.6 Å². The molecule has 0 bridgehead atoms. The van der Waals surface area contributed by atoms with Crippen molar-refractivity contribution in [1.82, 2.24) is 0 Å². The van der Waals surface area contributed by atoms with Crippen molar-refractivity contribution >= 4 is 17.9 Å². The zero-order chi connectivity index (χ0) is 22.4. The third-order valence-electron chi connectivity index (χ3n) is 5.96. The van der Waals surface area contributed by atoms with E-state index in [0.29, 0.717) is 12.8 Å². The molecule has 0 aromatic heterocycles. The molecule has 0 aliphatic heterocycles. The molecule has 3 atom stereocenters. The van der Waals surface area contributed by atoms with Gasteiger partial charge >= 0.3 is 17.9 Å². The largest absolute Gasteiger partial charge is 0.481 e. The molecule has 1 rings (SSSR count). The lowest BCUT2D eigenvalue weighted by atomic mass is 9.62. The van der Waals surface area contributed by atoms with Crippen LogP contribution in [-0.4, -0.2) is 37.2 Å². The third-order valence-corrected chi connectivity index (χ3v) is 5.96. The van der Waals surface area contributed by atoms with Crippen molar-refractivity contribution < 1.29 is 29.0 Å². The van der Waals surface area contributed by atoms with Crippen LogP contribution in [0.15, 0.2) is 24.3 Å². The minimum Gasteiger partial charge on any atom is -0.481 e. The van der Waals surface area contributed by atoms with Gasteiger partial charge in [0.25, 0.3) is 0 Å². The fourth-order valence-electron chi connectivity index (χ4n) is 4.31. The Kier molecular flexibility index (Phi) is 12.1. The highest BCUT2D eigenvalue weighted by Crippen LogP contribution is 2.47. The van der Waals surface area contributed by atoms with Gasteiger partial charge in [0, 0.05) is 12.3 Å². The normalized spacial score (nSPS) is 23.4. The summed E-state index contributed by atoms with van der Waals surface area (Å²) in [7, 11) is 2.75. The standard InChI is InChI=1S/C24H38O6/c1-4-5-17-24(23(28)30-3)18-13-15-19(21(24)22(27)29-2)14-11-9-7-6-8-10-12-16-20(25)26/h11,13-15,19,21H,4-10,12,16-18H2,1-3H3,(H,25,26)/b14-11+. The summed E-state index contributed by atoms with van der Waals surface area (Å²) in [5.74, 6) is -2.22. The molecule has 1 aliphatic rings. The molecule has 0 amide bonds. The first-order valence-electron chi connectivity index (χ1n) is 11.1. The number of aliphatic carboxylic acids is 1. The number of carbonyl (C=O) groups excluding carboxylic acids is 2. The van der Waals surface area contributed by atoms with Crippen LogP contribution in [0.25, 0.3) is 0 Å². The maximum Gasteiger partial charge on any atom is 0.313 e. The van der Waals surface area contributed by atoms with E-state index in [4.69, 9.17) is 14.6 Å². The number of ether oxygens (including phenoxy) is 2. The van der Waals surface area contributed by atoms with E-state index in [1.54, 1.807) is 0 Å². The van der Waals surface area contributed by atoms with E-state index in [1.807, 2.05) is 18.2 Å². The molecule has 1 N–H and O–H groups in total. The van der Waals surface area contributed by atoms with Gasteiger partial charge in [0.15, 0.2) is 0 Å². The van der Waals surface area contributed by atoms with Crippen molar-refractivity contribution in [2.75, 3.05) is 14.2 Å². The Bertz CT molecular complexity index is 609. The topological polar surface area (TPSA) is 89.9 Å². The molecule has 0 aromatic carbocycles. The SMILES string of the molecule is CCCCC1(C(=O)OC)CC=CC(/C=C/CCCCCCCC(=O)O)C1C(=O)OC. The van der Waals surface area contributed by atoms with Crippen LogP contribution in [0.1, 0.15) is 77.6 Å². The molecule has 0 spiro atoms. The van der Waals surface area contributed by atoms with Crippen LogP contribution in [0.4, 0.5) is 0 Å². The van der Waals surface area contributed by atoms with E-state index in [-0.39, 0.29) is 24.3 Å². The van der Waals surface area contributed by atoms with Gasteiger partial charge in [-0.05, 0) is 32.1 Å². The molecule has 0 saturated carbocycles. The van der Waals surface area contributed by atoms with Gasteiger partial charge in [-0.1, -0.05) is 63.3 Å². The predicted octanol–water partition coefficient (Wildman–Crippen LogP) is 5.07. The van der Waals surface area contributed by atoms with E-state index >= 15 is 0 Å². The summed E-state index contributed by atoms with van der Waals surface area (Å²) >= 11 is 0. The molecule has 0 saturated heterocycles. The minimum absolute atomic E-state index is 0.197. The minimum atomic E-state index is -0.883. The first kappa shape index (κ1) is 25.9. The van der Waals surface area contributed by atoms with Gasteiger partial charge < -0.3 is 14.6 Å². The number of unbranched alkanes of at least 4 members (excludes halogenated alkanes) is 6. The number of allylic oxidation sites excluding steroid dienone is 4. The molecular weight excluding hydrogens is 384 g/mol. The third kappa shape index (κ3) is 7.62. The quantitative estimate of drug-likeness (QED) is 0.239. The lowest BCUT2D eigenvalue weighted by Gasteiger charge is -2.41. The maximum absolute atomic E-state index is 12.8. The fourth-order valence-corrected chi connectivity index (χ4v) is 4.31. The highest BCUT2D eigenvalue weighted by Gasteiger charge is 2.53. The Hall–Kier alpha value is -2.11. The van der Waals surface area contributed by atoms with Gasteiger partial charge in [0.1, 0.15) is 0 Å². The average molecular weight is 423 g/mol. The number of esters is 2. The van der Waals surface area contributed by atoms with E-state index in [9.17, 15) is 14.4 Å². The molecule has 30 heavy (non-hydrogen) atoms. The van der Waals surface area contributed by atoms with Crippen LogP contribution < -0.4 is 0 Å². The maximum atomic E-state index is 12.8. The fraction of sp³-hybridized carbons (Fsp3) is 0.708. The zero-order valence-electron chi connectivity index (χ0n) is 18.7. The average Bonchev–Trinajstić information content (AvgIpc) is 2.75. The monoisotopic (exact) mass is 422 g/mol. The van der Waals surface area contributed by atoms with Gasteiger partial charge in [-0.15, -0.1) is 0 Å². The Morgan fingerprint density at radius 1 is 1.07 bits per heavy atom. The van der Waals surface area contributed by atoms with Crippen molar-refractivity contribution in [3.8, 4) is 0 Å². The molecule has 3 unspecified atom stereocenters. The molecule has 0 aromatic rings. The first-order chi connectivity index (χ1) is 14.4. The zero-order valence-corrected chi connectivity index (χ0v) is 18.7. The first-order valence-corrected chi connectivity index (χ1v) is 11.1. The van der Waals surface area contributed by atoms with Crippen LogP contribution in [0.2, 0.25) is 0 Å². The predicted molar refractivity (Wildman–Crippen MR) is 116 cm³/mol. The van der Waals surface area contributed by atoms with Crippen LogP contribution in [-0.2, 0) is 23.9 Å². The number of hydrogen-bond donors (Lipinski definition) is 1. The summed E-state index contributed by atoms with van der Waals surface area (Å²) in [4.78, 5) is 36.0. The van der Waals surface area contributed by atoms with E-state index in [2.05, 4.69) is 13.0 Å². The number of carbonyl (C=O) groups is 3. The van der Waals surface area contributed by atoms with Gasteiger partial charge in [-0.3, -0.25) is 14.4 Å². The Morgan fingerprint density at radius 2 is 1.77 bits per heavy atom. The second kappa shape index (κ2) is 14.0. The van der Waals surface area contributed by atoms with Crippen molar-refractivity contribution in [1.29, 1.82) is 0 Å². The number of hydrogen-bond acceptors (Lipinski definition) is 5. The van der Waals surface area contributed by atoms with Gasteiger partial charge in [-0.25, -0.2) is 0 Å². The lowest BCUT2D eigenvalue weighted by Crippen LogP contribution is -2.48. The van der Waals surface area contributed by atoms with Crippen molar-refractivity contribution in [2.24, 2.45) is 17.3 Å². The highest BCUT2D eigenvalue weighted by atomic mass is 16.5. The highest BCUT2D eigenvalue weighted by molar-refractivity contribution is 5.86. The number of carboxylic acid groups (broad SMARTS) is 1. The molecule has 0 heterocycles. The summed E-state index contributed by atoms with van der Waals surface area (Å²) in [6, 6.07) is 0. The van der Waals surface area contributed by atoms with Crippen molar-refractivity contribution in [3.05, 3.63) is 24.3 Å². The Labute approximate surface area is 180 Å². The van der Waals surface area contributed by atoms with Crippen LogP contribution in [0.5, 0.6) is 0 Å². The summed E-state index contributed by atoms with van der Waals surface area (Å²) in [5, 5.41) is 8.65. The number of methoxy groups -OCH3 is 2. The van der Waals surface area contributed by atoms with Crippen molar-refractivity contribution in [2.45, 2.75) is 77.6 Å². The van der Waals surface area contributed by atoms with Gasteiger partial charge in [0.2, 0.25) is 0 Å². The second-order valence-electron chi connectivity index (χ2n) is 8.09. The lowest BCUT2D eigenvalue weighted by molar-refractivity contribution is -0.169. The smallest absolute Gasteiger partial charge is 0.313 e. The number of carboxylic acids is 1. The molecule has 6 heteroatoms. The van der Waals surface area contributed by atoms with Crippen LogP contribution in [0, 0.1) is 17.3 Å². The van der Waals surface area contributed by atoms with E-state index < -0.39 is 17.3 Å².